The second-order valence-electron chi connectivity index (χ2n) is 6.22. The highest BCUT2D eigenvalue weighted by Crippen LogP contribution is 2.47. The Morgan fingerprint density at radius 2 is 2.11 bits per heavy atom. The first-order chi connectivity index (χ1) is 8.44. The summed E-state index contributed by atoms with van der Waals surface area (Å²) in [4.78, 5) is 4.88. The van der Waals surface area contributed by atoms with Gasteiger partial charge >= 0.3 is 0 Å². The predicted molar refractivity (Wildman–Crippen MR) is 76.2 cm³/mol. The minimum Gasteiger partial charge on any atom is -0.382 e. The van der Waals surface area contributed by atoms with Crippen molar-refractivity contribution in [2.45, 2.75) is 44.6 Å². The van der Waals surface area contributed by atoms with Gasteiger partial charge in [-0.1, -0.05) is 20.8 Å². The quantitative estimate of drug-likeness (QED) is 0.891. The Hall–Kier alpha value is -0.450. The van der Waals surface area contributed by atoms with Crippen molar-refractivity contribution in [2.24, 2.45) is 5.92 Å². The van der Waals surface area contributed by atoms with Gasteiger partial charge in [-0.15, -0.1) is 11.3 Å². The first kappa shape index (κ1) is 14.0. The minimum absolute atomic E-state index is 0.0804. The second-order valence-corrected chi connectivity index (χ2v) is 7.07. The van der Waals surface area contributed by atoms with Crippen LogP contribution in [0.3, 0.4) is 0 Å². The predicted octanol–water partition coefficient (Wildman–Crippen LogP) is 2.91. The van der Waals surface area contributed by atoms with Crippen LogP contribution >= 0.6 is 11.3 Å². The number of hydrogen-bond donors (Lipinski definition) is 1. The largest absolute Gasteiger partial charge is 0.382 e. The van der Waals surface area contributed by atoms with Crippen LogP contribution in [0, 0.1) is 5.92 Å². The second kappa shape index (κ2) is 4.91. The molecule has 1 heterocycles. The number of thiazole rings is 1. The highest BCUT2D eigenvalue weighted by atomic mass is 32.1. The van der Waals surface area contributed by atoms with Gasteiger partial charge in [0, 0.05) is 17.9 Å². The molecule has 102 valence electrons. The number of nitrogens with one attached hydrogen (secondary N) is 1. The van der Waals surface area contributed by atoms with Crippen molar-refractivity contribution in [3.05, 3.63) is 16.1 Å². The number of nitrogens with zero attached hydrogens (tertiary/aromatic N) is 1. The number of hydrogen-bond acceptors (Lipinski definition) is 4. The fourth-order valence-electron chi connectivity index (χ4n) is 2.36. The molecule has 0 aromatic carbocycles. The summed E-state index contributed by atoms with van der Waals surface area (Å²) in [6.45, 7) is 7.33. The third-order valence-electron chi connectivity index (χ3n) is 3.75. The van der Waals surface area contributed by atoms with Gasteiger partial charge < -0.3 is 10.1 Å². The van der Waals surface area contributed by atoms with Crippen LogP contribution in [0.2, 0.25) is 0 Å². The fourth-order valence-corrected chi connectivity index (χ4v) is 3.68. The summed E-state index contributed by atoms with van der Waals surface area (Å²) in [6.07, 6.45) is 2.54. The first-order valence-electron chi connectivity index (χ1n) is 6.58. The first-order valence-corrected chi connectivity index (χ1v) is 7.46. The fraction of sp³-hybridized carbons (Fsp3) is 0.786. The summed E-state index contributed by atoms with van der Waals surface area (Å²) in [5, 5.41) is 6.86. The molecule has 1 saturated carbocycles. The van der Waals surface area contributed by atoms with Crippen LogP contribution in [0.5, 0.6) is 0 Å². The summed E-state index contributed by atoms with van der Waals surface area (Å²) in [5.74, 6) is 0.668. The SMILES string of the molecule is CNC(COC)(c1nc(C(C)(C)C)cs1)C1CC1. The number of ether oxygens (including phenoxy) is 1. The van der Waals surface area contributed by atoms with Crippen molar-refractivity contribution in [2.75, 3.05) is 20.8 Å². The van der Waals surface area contributed by atoms with E-state index in [1.807, 2.05) is 7.05 Å². The molecule has 0 bridgehead atoms. The van der Waals surface area contributed by atoms with Crippen LogP contribution in [-0.2, 0) is 15.7 Å². The van der Waals surface area contributed by atoms with Crippen LogP contribution in [0.1, 0.15) is 44.3 Å². The normalized spacial score (nSPS) is 19.8. The van der Waals surface area contributed by atoms with Crippen LogP contribution in [0.4, 0.5) is 0 Å². The van der Waals surface area contributed by atoms with E-state index in [-0.39, 0.29) is 11.0 Å². The molecule has 0 amide bonds. The topological polar surface area (TPSA) is 34.1 Å². The lowest BCUT2D eigenvalue weighted by molar-refractivity contribution is 0.0979. The molecule has 0 saturated heterocycles. The minimum atomic E-state index is -0.0804. The number of aromatic nitrogens is 1. The maximum atomic E-state index is 5.45. The molecule has 1 aliphatic carbocycles. The summed E-state index contributed by atoms with van der Waals surface area (Å²) >= 11 is 1.76. The van der Waals surface area contributed by atoms with Crippen LogP contribution in [0.25, 0.3) is 0 Å². The summed E-state index contributed by atoms with van der Waals surface area (Å²) < 4.78 is 5.45. The summed E-state index contributed by atoms with van der Waals surface area (Å²) in [5.41, 5.74) is 1.22. The van der Waals surface area contributed by atoms with Crippen molar-refractivity contribution < 1.29 is 4.74 Å². The monoisotopic (exact) mass is 268 g/mol. The van der Waals surface area contributed by atoms with E-state index in [9.17, 15) is 0 Å². The van der Waals surface area contributed by atoms with Crippen LogP contribution in [-0.4, -0.2) is 25.7 Å². The van der Waals surface area contributed by atoms with Gasteiger partial charge in [0.2, 0.25) is 0 Å². The average Bonchev–Trinajstić information content (AvgIpc) is 3.01. The highest BCUT2D eigenvalue weighted by molar-refractivity contribution is 7.09. The van der Waals surface area contributed by atoms with Gasteiger partial charge in [-0.25, -0.2) is 4.98 Å². The van der Waals surface area contributed by atoms with E-state index < -0.39 is 0 Å². The maximum absolute atomic E-state index is 5.45. The van der Waals surface area contributed by atoms with Crippen molar-refractivity contribution in [3.8, 4) is 0 Å². The average molecular weight is 268 g/mol. The van der Waals surface area contributed by atoms with Gasteiger partial charge in [0.25, 0.3) is 0 Å². The molecule has 0 aliphatic heterocycles. The number of methoxy groups -OCH3 is 1. The molecule has 1 aromatic rings. The van der Waals surface area contributed by atoms with Gasteiger partial charge in [-0.2, -0.15) is 0 Å². The van der Waals surface area contributed by atoms with Gasteiger partial charge in [0.15, 0.2) is 0 Å². The zero-order valence-electron chi connectivity index (χ0n) is 12.0. The summed E-state index contributed by atoms with van der Waals surface area (Å²) in [7, 11) is 3.79. The molecular weight excluding hydrogens is 244 g/mol. The Labute approximate surface area is 114 Å². The molecule has 1 unspecified atom stereocenters. The molecule has 18 heavy (non-hydrogen) atoms. The van der Waals surface area contributed by atoms with Gasteiger partial charge in [-0.05, 0) is 25.8 Å². The Morgan fingerprint density at radius 1 is 1.44 bits per heavy atom. The molecule has 0 spiro atoms. The Morgan fingerprint density at radius 3 is 2.50 bits per heavy atom. The van der Waals surface area contributed by atoms with Gasteiger partial charge in [0.1, 0.15) is 5.01 Å². The molecule has 0 radical (unpaired) electrons. The third-order valence-corrected chi connectivity index (χ3v) is 4.77. The number of rotatable bonds is 5. The Bertz CT molecular complexity index is 406. The van der Waals surface area contributed by atoms with E-state index in [0.29, 0.717) is 12.5 Å². The van der Waals surface area contributed by atoms with Crippen molar-refractivity contribution >= 4 is 11.3 Å². The molecule has 1 aliphatic rings. The van der Waals surface area contributed by atoms with Crippen molar-refractivity contribution in [1.29, 1.82) is 0 Å². The lowest BCUT2D eigenvalue weighted by Gasteiger charge is -2.31. The molecular formula is C14H24N2OS. The Balaban J connectivity index is 2.33. The smallest absolute Gasteiger partial charge is 0.116 e. The van der Waals surface area contributed by atoms with Crippen molar-refractivity contribution in [3.63, 3.8) is 0 Å². The van der Waals surface area contributed by atoms with E-state index in [0.717, 1.165) is 0 Å². The standard InChI is InChI=1S/C14H24N2OS/c1-13(2,3)11-8-18-12(16-11)14(15-4,9-17-5)10-6-7-10/h8,10,15H,6-7,9H2,1-5H3. The van der Waals surface area contributed by atoms with E-state index in [1.165, 1.54) is 23.5 Å². The van der Waals surface area contributed by atoms with E-state index >= 15 is 0 Å². The lowest BCUT2D eigenvalue weighted by Crippen LogP contribution is -2.46. The van der Waals surface area contributed by atoms with E-state index in [4.69, 9.17) is 9.72 Å². The van der Waals surface area contributed by atoms with Gasteiger partial charge in [0.05, 0.1) is 17.8 Å². The molecule has 1 aromatic heterocycles. The highest BCUT2D eigenvalue weighted by Gasteiger charge is 2.47. The molecule has 4 heteroatoms. The zero-order chi connectivity index (χ0) is 13.4. The van der Waals surface area contributed by atoms with Crippen molar-refractivity contribution in [1.82, 2.24) is 10.3 Å². The zero-order valence-corrected chi connectivity index (χ0v) is 12.9. The molecule has 1 N–H and O–H groups in total. The lowest BCUT2D eigenvalue weighted by atomic mass is 9.92. The maximum Gasteiger partial charge on any atom is 0.116 e. The summed E-state index contributed by atoms with van der Waals surface area (Å²) in [6, 6.07) is 0. The van der Waals surface area contributed by atoms with E-state index in [1.54, 1.807) is 18.4 Å². The van der Waals surface area contributed by atoms with Crippen LogP contribution < -0.4 is 5.32 Å². The molecule has 1 fully saturated rings. The third kappa shape index (κ3) is 2.46. The molecule has 3 nitrogen and oxygen atoms in total. The Kier molecular flexibility index (Phi) is 3.81. The molecule has 1 atom stereocenters. The van der Waals surface area contributed by atoms with E-state index in [2.05, 4.69) is 31.5 Å². The van der Waals surface area contributed by atoms with Gasteiger partial charge in [-0.3, -0.25) is 0 Å². The van der Waals surface area contributed by atoms with Crippen LogP contribution in [0.15, 0.2) is 5.38 Å². The number of likely N-dealkylation sites (N-methyl/N-ethyl adjacent to an activating group) is 1. The molecule has 2 rings (SSSR count).